The molecule has 7 heteroatoms. The van der Waals surface area contributed by atoms with E-state index in [0.29, 0.717) is 25.3 Å². The van der Waals surface area contributed by atoms with E-state index in [1.807, 2.05) is 71.4 Å². The molecule has 0 fully saturated rings. The molecule has 0 saturated heterocycles. The summed E-state index contributed by atoms with van der Waals surface area (Å²) in [7, 11) is 0. The van der Waals surface area contributed by atoms with E-state index >= 15 is 0 Å². The zero-order valence-electron chi connectivity index (χ0n) is 18.7. The largest absolute Gasteiger partial charge is 0.486 e. The molecule has 0 unspecified atom stereocenters. The second-order valence-electron chi connectivity index (χ2n) is 8.53. The minimum atomic E-state index is -0.144. The van der Waals surface area contributed by atoms with Gasteiger partial charge in [0, 0.05) is 5.56 Å². The van der Waals surface area contributed by atoms with Gasteiger partial charge in [0.2, 0.25) is 0 Å². The summed E-state index contributed by atoms with van der Waals surface area (Å²) in [6, 6.07) is 21.2. The first kappa shape index (κ1) is 21.0. The van der Waals surface area contributed by atoms with Crippen molar-refractivity contribution >= 4 is 16.9 Å². The normalized spacial score (nSPS) is 13.8. The van der Waals surface area contributed by atoms with Crippen molar-refractivity contribution < 1.29 is 14.3 Å². The van der Waals surface area contributed by atoms with Crippen LogP contribution in [0.4, 0.5) is 0 Å². The Bertz CT molecular complexity index is 1280. The van der Waals surface area contributed by atoms with Crippen LogP contribution in [-0.2, 0) is 6.54 Å². The van der Waals surface area contributed by atoms with E-state index in [0.717, 1.165) is 33.7 Å². The minimum absolute atomic E-state index is 0.110. The summed E-state index contributed by atoms with van der Waals surface area (Å²) in [5.41, 5.74) is 4.52. The Morgan fingerprint density at radius 1 is 1.00 bits per heavy atom. The van der Waals surface area contributed by atoms with Gasteiger partial charge < -0.3 is 14.8 Å². The van der Waals surface area contributed by atoms with E-state index in [4.69, 9.17) is 9.47 Å². The highest BCUT2D eigenvalue weighted by molar-refractivity contribution is 5.94. The molecule has 0 bridgehead atoms. The van der Waals surface area contributed by atoms with Crippen LogP contribution in [0.5, 0.6) is 11.5 Å². The van der Waals surface area contributed by atoms with Gasteiger partial charge >= 0.3 is 0 Å². The molecule has 4 aromatic rings. The highest BCUT2D eigenvalue weighted by atomic mass is 16.6. The number of nitrogens with zero attached hydrogens (tertiary/aromatic N) is 3. The number of carbonyl (C=O) groups is 1. The molecule has 0 spiro atoms. The van der Waals surface area contributed by atoms with Gasteiger partial charge in [0.1, 0.15) is 18.7 Å². The maximum Gasteiger partial charge on any atom is 0.251 e. The summed E-state index contributed by atoms with van der Waals surface area (Å²) < 4.78 is 13.2. The summed E-state index contributed by atoms with van der Waals surface area (Å²) in [6.45, 7) is 5.86. The molecule has 7 nitrogen and oxygen atoms in total. The average Bonchev–Trinajstić information content (AvgIpc) is 3.25. The number of para-hydroxylation sites is 1. The quantitative estimate of drug-likeness (QED) is 0.480. The van der Waals surface area contributed by atoms with E-state index in [1.54, 1.807) is 0 Å². The van der Waals surface area contributed by atoms with Crippen LogP contribution < -0.4 is 14.8 Å². The molecule has 1 aliphatic heterocycles. The number of ether oxygens (including phenoxy) is 2. The number of carbonyl (C=O) groups excluding carboxylic acids is 1. The number of aromatic nitrogens is 3. The van der Waals surface area contributed by atoms with Crippen molar-refractivity contribution in [2.45, 2.75) is 26.4 Å². The van der Waals surface area contributed by atoms with Gasteiger partial charge in [-0.25, -0.2) is 4.68 Å². The van der Waals surface area contributed by atoms with Crippen molar-refractivity contribution in [2.24, 2.45) is 5.92 Å². The Labute approximate surface area is 192 Å². The van der Waals surface area contributed by atoms with Crippen molar-refractivity contribution in [3.8, 4) is 11.5 Å². The van der Waals surface area contributed by atoms with Crippen LogP contribution >= 0.6 is 0 Å². The van der Waals surface area contributed by atoms with Gasteiger partial charge in [-0.15, -0.1) is 5.10 Å². The maximum absolute atomic E-state index is 13.0. The number of amides is 1. The van der Waals surface area contributed by atoms with E-state index in [2.05, 4.69) is 29.5 Å². The Balaban J connectivity index is 1.30. The Morgan fingerprint density at radius 2 is 1.76 bits per heavy atom. The number of fused-ring (bicyclic) bond motifs is 2. The first-order valence-corrected chi connectivity index (χ1v) is 11.2. The molecule has 3 aromatic carbocycles. The van der Waals surface area contributed by atoms with Gasteiger partial charge in [0.25, 0.3) is 5.91 Å². The second-order valence-corrected chi connectivity index (χ2v) is 8.53. The minimum Gasteiger partial charge on any atom is -0.486 e. The molecule has 1 aromatic heterocycles. The molecule has 5 rings (SSSR count). The standard InChI is InChI=1S/C26H26N4O3/c1-17(2)25(20-11-12-23-24(15-20)33-14-13-32-23)27-26(31)19-9-7-18(8-10-19)16-30-22-6-4-3-5-21(22)28-29-30/h3-12,15,17,25H,13-14,16H2,1-2H3,(H,27,31)/t25-/m1/s1. The van der Waals surface area contributed by atoms with E-state index < -0.39 is 0 Å². The molecule has 1 aliphatic rings. The first-order valence-electron chi connectivity index (χ1n) is 11.2. The van der Waals surface area contributed by atoms with E-state index in [-0.39, 0.29) is 17.9 Å². The lowest BCUT2D eigenvalue weighted by Crippen LogP contribution is -2.32. The Kier molecular flexibility index (Phi) is 5.69. The second kappa shape index (κ2) is 8.94. The SMILES string of the molecule is CC(C)[C@@H](NC(=O)c1ccc(Cn2nnc3ccccc32)cc1)c1ccc2c(c1)OCCO2. The Hall–Kier alpha value is -3.87. The third-order valence-electron chi connectivity index (χ3n) is 5.85. The van der Waals surface area contributed by atoms with Crippen molar-refractivity contribution in [3.63, 3.8) is 0 Å². The molecule has 1 atom stereocenters. The zero-order chi connectivity index (χ0) is 22.8. The highest BCUT2D eigenvalue weighted by Gasteiger charge is 2.22. The molecule has 1 amide bonds. The van der Waals surface area contributed by atoms with Crippen molar-refractivity contribution in [1.82, 2.24) is 20.3 Å². The maximum atomic E-state index is 13.0. The van der Waals surface area contributed by atoms with E-state index in [9.17, 15) is 4.79 Å². The fourth-order valence-electron chi connectivity index (χ4n) is 4.08. The zero-order valence-corrected chi connectivity index (χ0v) is 18.7. The molecule has 0 saturated carbocycles. The van der Waals surface area contributed by atoms with Crippen molar-refractivity contribution in [3.05, 3.63) is 83.4 Å². The van der Waals surface area contributed by atoms with Crippen LogP contribution in [0.25, 0.3) is 11.0 Å². The van der Waals surface area contributed by atoms with Crippen molar-refractivity contribution in [1.29, 1.82) is 0 Å². The summed E-state index contributed by atoms with van der Waals surface area (Å²) in [6.07, 6.45) is 0. The monoisotopic (exact) mass is 442 g/mol. The lowest BCUT2D eigenvalue weighted by molar-refractivity contribution is 0.0925. The average molecular weight is 443 g/mol. The van der Waals surface area contributed by atoms with Crippen LogP contribution in [0, 0.1) is 5.92 Å². The van der Waals surface area contributed by atoms with Crippen LogP contribution in [0.15, 0.2) is 66.7 Å². The molecule has 0 radical (unpaired) electrons. The molecular weight excluding hydrogens is 416 g/mol. The lowest BCUT2D eigenvalue weighted by Gasteiger charge is -2.25. The van der Waals surface area contributed by atoms with Gasteiger partial charge in [0.05, 0.1) is 18.1 Å². The summed E-state index contributed by atoms with van der Waals surface area (Å²) in [5.74, 6) is 1.57. The first-order chi connectivity index (χ1) is 16.1. The molecule has 1 N–H and O–H groups in total. The molecule has 0 aliphatic carbocycles. The predicted molar refractivity (Wildman–Crippen MR) is 126 cm³/mol. The molecule has 168 valence electrons. The number of hydrogen-bond donors (Lipinski definition) is 1. The fraction of sp³-hybridized carbons (Fsp3) is 0.269. The van der Waals surface area contributed by atoms with Crippen LogP contribution in [0.1, 0.15) is 41.4 Å². The van der Waals surface area contributed by atoms with Gasteiger partial charge in [-0.2, -0.15) is 0 Å². The fourth-order valence-corrected chi connectivity index (χ4v) is 4.08. The van der Waals surface area contributed by atoms with E-state index in [1.165, 1.54) is 0 Å². The number of hydrogen-bond acceptors (Lipinski definition) is 5. The number of nitrogens with one attached hydrogen (secondary N) is 1. The molecule has 2 heterocycles. The summed E-state index contributed by atoms with van der Waals surface area (Å²) in [4.78, 5) is 13.0. The lowest BCUT2D eigenvalue weighted by atomic mass is 9.95. The third-order valence-corrected chi connectivity index (χ3v) is 5.85. The summed E-state index contributed by atoms with van der Waals surface area (Å²) >= 11 is 0. The number of benzene rings is 3. The van der Waals surface area contributed by atoms with Gasteiger partial charge in [-0.05, 0) is 53.4 Å². The topological polar surface area (TPSA) is 78.3 Å². The predicted octanol–water partition coefficient (Wildman–Crippen LogP) is 4.38. The van der Waals surface area contributed by atoms with Gasteiger partial charge in [-0.3, -0.25) is 4.79 Å². The summed E-state index contributed by atoms with van der Waals surface area (Å²) in [5, 5.41) is 11.6. The Morgan fingerprint density at radius 3 is 2.55 bits per heavy atom. The smallest absolute Gasteiger partial charge is 0.251 e. The third kappa shape index (κ3) is 4.39. The van der Waals surface area contributed by atoms with Gasteiger partial charge in [-0.1, -0.05) is 49.4 Å². The van der Waals surface area contributed by atoms with Crippen molar-refractivity contribution in [2.75, 3.05) is 13.2 Å². The number of rotatable bonds is 6. The molecule has 33 heavy (non-hydrogen) atoms. The molecular formula is C26H26N4O3. The highest BCUT2D eigenvalue weighted by Crippen LogP contribution is 2.34. The van der Waals surface area contributed by atoms with Crippen LogP contribution in [-0.4, -0.2) is 34.1 Å². The van der Waals surface area contributed by atoms with Crippen LogP contribution in [0.3, 0.4) is 0 Å². The van der Waals surface area contributed by atoms with Gasteiger partial charge in [0.15, 0.2) is 11.5 Å². The van der Waals surface area contributed by atoms with Crippen LogP contribution in [0.2, 0.25) is 0 Å².